The van der Waals surface area contributed by atoms with Crippen molar-refractivity contribution in [2.24, 2.45) is 0 Å². The molecule has 1 amide bonds. The van der Waals surface area contributed by atoms with E-state index in [1.165, 1.54) is 12.5 Å². The van der Waals surface area contributed by atoms with E-state index in [2.05, 4.69) is 5.32 Å². The maximum absolute atomic E-state index is 14.1. The average molecular weight is 328 g/mol. The molecular weight excluding hydrogens is 307 g/mol. The predicted molar refractivity (Wildman–Crippen MR) is 89.6 cm³/mol. The fourth-order valence-electron chi connectivity index (χ4n) is 3.37. The molecule has 0 radical (unpaired) electrons. The number of nitrogens with one attached hydrogen (secondary N) is 1. The Kier molecular flexibility index (Phi) is 4.00. The molecule has 4 nitrogen and oxygen atoms in total. The van der Waals surface area contributed by atoms with Crippen LogP contribution in [-0.2, 0) is 0 Å². The van der Waals surface area contributed by atoms with Crippen LogP contribution < -0.4 is 5.32 Å². The van der Waals surface area contributed by atoms with Crippen LogP contribution in [0.1, 0.15) is 47.5 Å². The maximum atomic E-state index is 14.1. The largest absolute Gasteiger partial charge is 0.472 e. The SMILES string of the molecule is O=C(c1ccoc1)N1CCC(Nc2ccc(C3CC3)c(F)c2)CC1. The highest BCUT2D eigenvalue weighted by Crippen LogP contribution is 2.41. The number of likely N-dealkylation sites (tertiary alicyclic amines) is 1. The van der Waals surface area contributed by atoms with Crippen LogP contribution in [0.5, 0.6) is 0 Å². The third kappa shape index (κ3) is 3.16. The van der Waals surface area contributed by atoms with Crippen molar-refractivity contribution in [3.63, 3.8) is 0 Å². The molecule has 1 saturated carbocycles. The lowest BCUT2D eigenvalue weighted by Crippen LogP contribution is -2.42. The Hall–Kier alpha value is -2.30. The molecule has 2 aromatic rings. The lowest BCUT2D eigenvalue weighted by Gasteiger charge is -2.32. The predicted octanol–water partition coefficient (Wildman–Crippen LogP) is 4.01. The van der Waals surface area contributed by atoms with Crippen molar-refractivity contribution in [2.45, 2.75) is 37.6 Å². The van der Waals surface area contributed by atoms with Crippen molar-refractivity contribution in [3.8, 4) is 0 Å². The van der Waals surface area contributed by atoms with E-state index in [-0.39, 0.29) is 17.8 Å². The molecule has 1 saturated heterocycles. The fourth-order valence-corrected chi connectivity index (χ4v) is 3.37. The van der Waals surface area contributed by atoms with Crippen molar-refractivity contribution in [3.05, 3.63) is 53.7 Å². The molecule has 2 heterocycles. The number of hydrogen-bond donors (Lipinski definition) is 1. The molecule has 0 bridgehead atoms. The van der Waals surface area contributed by atoms with E-state index in [4.69, 9.17) is 4.42 Å². The highest BCUT2D eigenvalue weighted by atomic mass is 19.1. The molecule has 1 aliphatic heterocycles. The van der Waals surface area contributed by atoms with Crippen molar-refractivity contribution in [1.29, 1.82) is 0 Å². The molecule has 24 heavy (non-hydrogen) atoms. The minimum Gasteiger partial charge on any atom is -0.472 e. The first kappa shape index (κ1) is 15.2. The summed E-state index contributed by atoms with van der Waals surface area (Å²) in [5.41, 5.74) is 2.27. The lowest BCUT2D eigenvalue weighted by atomic mass is 10.0. The fraction of sp³-hybridized carbons (Fsp3) is 0.421. The summed E-state index contributed by atoms with van der Waals surface area (Å²) in [6.07, 6.45) is 6.92. The van der Waals surface area contributed by atoms with Gasteiger partial charge >= 0.3 is 0 Å². The number of carbonyl (C=O) groups excluding carboxylic acids is 1. The van der Waals surface area contributed by atoms with E-state index in [0.717, 1.165) is 36.9 Å². The van der Waals surface area contributed by atoms with Crippen LogP contribution in [0, 0.1) is 5.82 Å². The molecular formula is C19H21FN2O2. The van der Waals surface area contributed by atoms with Gasteiger partial charge in [0.05, 0.1) is 11.8 Å². The minimum atomic E-state index is -0.102. The van der Waals surface area contributed by atoms with Crippen molar-refractivity contribution < 1.29 is 13.6 Å². The van der Waals surface area contributed by atoms with Gasteiger partial charge in [-0.1, -0.05) is 6.07 Å². The number of piperidine rings is 1. The summed E-state index contributed by atoms with van der Waals surface area (Å²) in [6.45, 7) is 1.40. The third-order valence-corrected chi connectivity index (χ3v) is 4.94. The van der Waals surface area contributed by atoms with Crippen molar-refractivity contribution in [1.82, 2.24) is 4.90 Å². The summed E-state index contributed by atoms with van der Waals surface area (Å²) in [5, 5.41) is 3.41. The molecule has 1 aromatic heterocycles. The van der Waals surface area contributed by atoms with E-state index in [1.807, 2.05) is 17.0 Å². The van der Waals surface area contributed by atoms with E-state index >= 15 is 0 Å². The van der Waals surface area contributed by atoms with Gasteiger partial charge in [0.1, 0.15) is 12.1 Å². The minimum absolute atomic E-state index is 0.0158. The van der Waals surface area contributed by atoms with Crippen LogP contribution in [-0.4, -0.2) is 29.9 Å². The summed E-state index contributed by atoms with van der Waals surface area (Å²) in [5.74, 6) is 0.341. The van der Waals surface area contributed by atoms with Crippen LogP contribution in [0.4, 0.5) is 10.1 Å². The second-order valence-corrected chi connectivity index (χ2v) is 6.73. The summed E-state index contributed by atoms with van der Waals surface area (Å²) >= 11 is 0. The molecule has 126 valence electrons. The zero-order chi connectivity index (χ0) is 16.5. The molecule has 0 unspecified atom stereocenters. The number of anilines is 1. The Labute approximate surface area is 140 Å². The van der Waals surface area contributed by atoms with E-state index in [0.29, 0.717) is 24.6 Å². The Bertz CT molecular complexity index is 717. The van der Waals surface area contributed by atoms with E-state index < -0.39 is 0 Å². The molecule has 0 spiro atoms. The number of carbonyl (C=O) groups is 1. The highest BCUT2D eigenvalue weighted by Gasteiger charge is 2.27. The van der Waals surface area contributed by atoms with Crippen LogP contribution in [0.2, 0.25) is 0 Å². The number of nitrogens with zero attached hydrogens (tertiary/aromatic N) is 1. The first-order chi connectivity index (χ1) is 11.7. The molecule has 1 aliphatic carbocycles. The Morgan fingerprint density at radius 1 is 1.17 bits per heavy atom. The topological polar surface area (TPSA) is 45.5 Å². The van der Waals surface area contributed by atoms with Gasteiger partial charge in [-0.05, 0) is 55.4 Å². The third-order valence-electron chi connectivity index (χ3n) is 4.94. The van der Waals surface area contributed by atoms with Gasteiger partial charge in [0.25, 0.3) is 5.91 Å². The number of amides is 1. The molecule has 2 aliphatic rings. The zero-order valence-corrected chi connectivity index (χ0v) is 13.5. The first-order valence-electron chi connectivity index (χ1n) is 8.58. The van der Waals surface area contributed by atoms with E-state index in [9.17, 15) is 9.18 Å². The summed E-state index contributed by atoms with van der Waals surface area (Å²) in [4.78, 5) is 14.1. The average Bonchev–Trinajstić information content (AvgIpc) is 3.28. The molecule has 4 rings (SSSR count). The standard InChI is InChI=1S/C19H21FN2O2/c20-18-11-16(3-4-17(18)13-1-2-13)21-15-5-8-22(9-6-15)19(23)14-7-10-24-12-14/h3-4,7,10-13,15,21H,1-2,5-6,8-9H2. The second-order valence-electron chi connectivity index (χ2n) is 6.73. The lowest BCUT2D eigenvalue weighted by molar-refractivity contribution is 0.0718. The van der Waals surface area contributed by atoms with Crippen LogP contribution in [0.25, 0.3) is 0 Å². The Balaban J connectivity index is 1.33. The van der Waals surface area contributed by atoms with Crippen LogP contribution >= 0.6 is 0 Å². The maximum Gasteiger partial charge on any atom is 0.257 e. The van der Waals surface area contributed by atoms with Crippen molar-refractivity contribution in [2.75, 3.05) is 18.4 Å². The quantitative estimate of drug-likeness (QED) is 0.922. The highest BCUT2D eigenvalue weighted by molar-refractivity contribution is 5.93. The Morgan fingerprint density at radius 3 is 2.58 bits per heavy atom. The monoisotopic (exact) mass is 328 g/mol. The van der Waals surface area contributed by atoms with E-state index in [1.54, 1.807) is 12.1 Å². The van der Waals surface area contributed by atoms with Gasteiger partial charge in [-0.15, -0.1) is 0 Å². The van der Waals surface area contributed by atoms with Crippen molar-refractivity contribution >= 4 is 11.6 Å². The van der Waals surface area contributed by atoms with Gasteiger partial charge in [-0.2, -0.15) is 0 Å². The number of hydrogen-bond acceptors (Lipinski definition) is 3. The normalized spacial score (nSPS) is 18.6. The first-order valence-corrected chi connectivity index (χ1v) is 8.58. The molecule has 1 N–H and O–H groups in total. The molecule has 5 heteroatoms. The smallest absolute Gasteiger partial charge is 0.257 e. The second kappa shape index (κ2) is 6.30. The molecule has 2 fully saturated rings. The van der Waals surface area contributed by atoms with Gasteiger partial charge in [0.15, 0.2) is 0 Å². The van der Waals surface area contributed by atoms with Gasteiger partial charge in [-0.25, -0.2) is 4.39 Å². The number of halogens is 1. The number of furan rings is 1. The zero-order valence-electron chi connectivity index (χ0n) is 13.5. The number of benzene rings is 1. The van der Waals surface area contributed by atoms with Gasteiger partial charge in [-0.3, -0.25) is 4.79 Å². The van der Waals surface area contributed by atoms with Crippen LogP contribution in [0.15, 0.2) is 41.2 Å². The molecule has 0 atom stereocenters. The summed E-state index contributed by atoms with van der Waals surface area (Å²) in [6, 6.07) is 7.45. The molecule has 1 aromatic carbocycles. The van der Waals surface area contributed by atoms with Crippen LogP contribution in [0.3, 0.4) is 0 Å². The Morgan fingerprint density at radius 2 is 1.96 bits per heavy atom. The van der Waals surface area contributed by atoms with Gasteiger partial charge in [0, 0.05) is 24.8 Å². The number of rotatable bonds is 4. The van der Waals surface area contributed by atoms with Gasteiger partial charge < -0.3 is 14.6 Å². The summed E-state index contributed by atoms with van der Waals surface area (Å²) < 4.78 is 19.1. The summed E-state index contributed by atoms with van der Waals surface area (Å²) in [7, 11) is 0. The van der Waals surface area contributed by atoms with Gasteiger partial charge in [0.2, 0.25) is 0 Å².